The number of fused-ring (bicyclic) bond motifs is 2. The molecule has 9 nitrogen and oxygen atoms in total. The van der Waals surface area contributed by atoms with Gasteiger partial charge in [0.15, 0.2) is 0 Å². The molecular formula is C24H35N3O6. The first kappa shape index (κ1) is 24.0. The van der Waals surface area contributed by atoms with Crippen LogP contribution >= 0.6 is 0 Å². The second kappa shape index (κ2) is 9.23. The number of methoxy groups -OCH3 is 1. The number of aliphatic hydroxyl groups excluding tert-OH is 1. The summed E-state index contributed by atoms with van der Waals surface area (Å²) in [5.41, 5.74) is 0.893. The SMILES string of the molecule is CC/C=C1\CC2C(OC)Nc3ccc(OC4OC(C)C(NC)C(C)(O)C4O)cc3C(=O)N2C1. The highest BCUT2D eigenvalue weighted by atomic mass is 16.7. The fourth-order valence-corrected chi connectivity index (χ4v) is 5.28. The van der Waals surface area contributed by atoms with Crippen LogP contribution in [0.5, 0.6) is 5.75 Å². The number of ether oxygens (including phenoxy) is 3. The van der Waals surface area contributed by atoms with Crippen molar-refractivity contribution in [2.75, 3.05) is 26.0 Å². The Labute approximate surface area is 194 Å². The molecule has 7 unspecified atom stereocenters. The van der Waals surface area contributed by atoms with Gasteiger partial charge in [0, 0.05) is 19.3 Å². The van der Waals surface area contributed by atoms with Gasteiger partial charge < -0.3 is 40.0 Å². The molecule has 4 N–H and O–H groups in total. The number of anilines is 1. The number of benzene rings is 1. The quantitative estimate of drug-likeness (QED) is 0.488. The van der Waals surface area contributed by atoms with Crippen molar-refractivity contribution >= 4 is 11.6 Å². The molecule has 2 saturated heterocycles. The highest BCUT2D eigenvalue weighted by Gasteiger charge is 2.52. The molecule has 0 bridgehead atoms. The molecule has 1 aromatic rings. The Morgan fingerprint density at radius 3 is 2.85 bits per heavy atom. The topological polar surface area (TPSA) is 113 Å². The van der Waals surface area contributed by atoms with E-state index in [2.05, 4.69) is 23.6 Å². The molecule has 1 aromatic carbocycles. The second-order valence-corrected chi connectivity index (χ2v) is 9.25. The van der Waals surface area contributed by atoms with E-state index in [-0.39, 0.29) is 18.2 Å². The lowest BCUT2D eigenvalue weighted by atomic mass is 9.84. The summed E-state index contributed by atoms with van der Waals surface area (Å²) in [6, 6.07) is 4.57. The summed E-state index contributed by atoms with van der Waals surface area (Å²) in [5, 5.41) is 27.9. The molecule has 0 aliphatic carbocycles. The van der Waals surface area contributed by atoms with Gasteiger partial charge in [0.25, 0.3) is 5.91 Å². The minimum atomic E-state index is -1.46. The normalized spacial score (nSPS) is 37.4. The van der Waals surface area contributed by atoms with Crippen LogP contribution in [-0.4, -0.2) is 84.1 Å². The number of aliphatic hydroxyl groups is 2. The number of likely N-dealkylation sites (N-methyl/N-ethyl adjacent to an activating group) is 1. The lowest BCUT2D eigenvalue weighted by molar-refractivity contribution is -0.272. The molecular weight excluding hydrogens is 426 g/mol. The molecule has 7 atom stereocenters. The van der Waals surface area contributed by atoms with Crippen LogP contribution in [0.4, 0.5) is 5.69 Å². The zero-order chi connectivity index (χ0) is 23.9. The highest BCUT2D eigenvalue weighted by molar-refractivity contribution is 6.01. The van der Waals surface area contributed by atoms with Crippen LogP contribution in [0.1, 0.15) is 44.0 Å². The van der Waals surface area contributed by atoms with Gasteiger partial charge in [-0.3, -0.25) is 4.79 Å². The van der Waals surface area contributed by atoms with Gasteiger partial charge in [0.2, 0.25) is 6.29 Å². The molecule has 3 heterocycles. The van der Waals surface area contributed by atoms with Crippen molar-refractivity contribution in [3.8, 4) is 5.75 Å². The minimum Gasteiger partial charge on any atom is -0.462 e. The molecule has 0 radical (unpaired) electrons. The molecule has 33 heavy (non-hydrogen) atoms. The zero-order valence-electron chi connectivity index (χ0n) is 19.9. The standard InChI is InChI=1S/C24H35N3O6/c1-6-7-14-10-18-21(31-5)26-17-9-8-15(11-16(17)22(29)27(18)12-14)33-23-20(28)24(3,30)19(25-4)13(2)32-23/h7-9,11,13,18-21,23,25-26,28,30H,6,10,12H2,1-5H3/b14-7+. The predicted molar refractivity (Wildman–Crippen MR) is 123 cm³/mol. The maximum Gasteiger partial charge on any atom is 0.256 e. The average Bonchev–Trinajstić information content (AvgIpc) is 3.15. The first-order valence-electron chi connectivity index (χ1n) is 11.5. The van der Waals surface area contributed by atoms with Gasteiger partial charge in [-0.05, 0) is 51.9 Å². The van der Waals surface area contributed by atoms with E-state index in [4.69, 9.17) is 14.2 Å². The number of hydrogen-bond acceptors (Lipinski definition) is 8. The highest BCUT2D eigenvalue weighted by Crippen LogP contribution is 2.36. The van der Waals surface area contributed by atoms with Crippen LogP contribution in [0, 0.1) is 0 Å². The smallest absolute Gasteiger partial charge is 0.256 e. The van der Waals surface area contributed by atoms with Crippen LogP contribution in [0.25, 0.3) is 0 Å². The first-order chi connectivity index (χ1) is 15.7. The molecule has 0 saturated carbocycles. The number of hydrogen-bond donors (Lipinski definition) is 4. The summed E-state index contributed by atoms with van der Waals surface area (Å²) < 4.78 is 17.5. The van der Waals surface area contributed by atoms with E-state index in [1.54, 1.807) is 39.3 Å². The molecule has 1 amide bonds. The van der Waals surface area contributed by atoms with Gasteiger partial charge in [0.1, 0.15) is 23.7 Å². The Bertz CT molecular complexity index is 919. The third kappa shape index (κ3) is 4.24. The van der Waals surface area contributed by atoms with Gasteiger partial charge in [-0.15, -0.1) is 0 Å². The number of amides is 1. The Morgan fingerprint density at radius 1 is 1.42 bits per heavy atom. The molecule has 3 aliphatic heterocycles. The summed E-state index contributed by atoms with van der Waals surface area (Å²) in [6.45, 7) is 6.02. The van der Waals surface area contributed by atoms with Crippen molar-refractivity contribution < 1.29 is 29.2 Å². The molecule has 4 rings (SSSR count). The fraction of sp³-hybridized carbons (Fsp3) is 0.625. The Kier molecular flexibility index (Phi) is 6.70. The lowest BCUT2D eigenvalue weighted by Crippen LogP contribution is -2.69. The number of allylic oxidation sites excluding steroid dienone is 1. The van der Waals surface area contributed by atoms with Gasteiger partial charge in [-0.2, -0.15) is 0 Å². The van der Waals surface area contributed by atoms with E-state index in [0.29, 0.717) is 23.5 Å². The van der Waals surface area contributed by atoms with Crippen molar-refractivity contribution in [2.24, 2.45) is 0 Å². The van der Waals surface area contributed by atoms with Crippen molar-refractivity contribution in [1.82, 2.24) is 10.2 Å². The van der Waals surface area contributed by atoms with Crippen molar-refractivity contribution in [3.63, 3.8) is 0 Å². The van der Waals surface area contributed by atoms with E-state index < -0.39 is 30.1 Å². The van der Waals surface area contributed by atoms with Gasteiger partial charge in [-0.25, -0.2) is 0 Å². The maximum atomic E-state index is 13.5. The molecule has 9 heteroatoms. The molecule has 182 valence electrons. The van der Waals surface area contributed by atoms with Crippen LogP contribution in [0.2, 0.25) is 0 Å². The summed E-state index contributed by atoms with van der Waals surface area (Å²) in [6.07, 6.45) is 0.747. The minimum absolute atomic E-state index is 0.102. The number of nitrogens with one attached hydrogen (secondary N) is 2. The van der Waals surface area contributed by atoms with Crippen LogP contribution in [0.15, 0.2) is 29.8 Å². The fourth-order valence-electron chi connectivity index (χ4n) is 5.28. The van der Waals surface area contributed by atoms with Crippen LogP contribution in [0.3, 0.4) is 0 Å². The summed E-state index contributed by atoms with van der Waals surface area (Å²) >= 11 is 0. The summed E-state index contributed by atoms with van der Waals surface area (Å²) in [7, 11) is 3.34. The third-order valence-corrected chi connectivity index (χ3v) is 6.99. The van der Waals surface area contributed by atoms with Crippen molar-refractivity contribution in [3.05, 3.63) is 35.4 Å². The van der Waals surface area contributed by atoms with E-state index in [1.807, 2.05) is 11.8 Å². The van der Waals surface area contributed by atoms with Gasteiger partial charge >= 0.3 is 0 Å². The Morgan fingerprint density at radius 2 is 2.18 bits per heavy atom. The molecule has 3 aliphatic rings. The van der Waals surface area contributed by atoms with Gasteiger partial charge in [-0.1, -0.05) is 18.6 Å². The monoisotopic (exact) mass is 461 g/mol. The number of carbonyl (C=O) groups is 1. The van der Waals surface area contributed by atoms with Gasteiger partial charge in [0.05, 0.1) is 23.8 Å². The Balaban J connectivity index is 1.60. The van der Waals surface area contributed by atoms with E-state index in [9.17, 15) is 15.0 Å². The largest absolute Gasteiger partial charge is 0.462 e. The lowest BCUT2D eigenvalue weighted by Gasteiger charge is -2.47. The van der Waals surface area contributed by atoms with E-state index >= 15 is 0 Å². The number of nitrogens with zero attached hydrogens (tertiary/aromatic N) is 1. The summed E-state index contributed by atoms with van der Waals surface area (Å²) in [5.74, 6) is 0.266. The number of carbonyl (C=O) groups excluding carboxylic acids is 1. The summed E-state index contributed by atoms with van der Waals surface area (Å²) in [4.78, 5) is 15.3. The number of rotatable bonds is 5. The van der Waals surface area contributed by atoms with Crippen LogP contribution < -0.4 is 15.4 Å². The van der Waals surface area contributed by atoms with E-state index in [0.717, 1.165) is 12.8 Å². The Hall–Kier alpha value is -2.17. The third-order valence-electron chi connectivity index (χ3n) is 6.99. The molecule has 0 aromatic heterocycles. The van der Waals surface area contributed by atoms with Crippen molar-refractivity contribution in [2.45, 2.75) is 76.0 Å². The maximum absolute atomic E-state index is 13.5. The zero-order valence-corrected chi connectivity index (χ0v) is 19.9. The molecule has 2 fully saturated rings. The predicted octanol–water partition coefficient (Wildman–Crippen LogP) is 1.46. The molecule has 0 spiro atoms. The van der Waals surface area contributed by atoms with Crippen LogP contribution in [-0.2, 0) is 9.47 Å². The van der Waals surface area contributed by atoms with E-state index in [1.165, 1.54) is 5.57 Å². The second-order valence-electron chi connectivity index (χ2n) is 9.25. The van der Waals surface area contributed by atoms with Crippen molar-refractivity contribution in [1.29, 1.82) is 0 Å². The average molecular weight is 462 g/mol. The first-order valence-corrected chi connectivity index (χ1v) is 11.5.